The van der Waals surface area contributed by atoms with Gasteiger partial charge in [-0.25, -0.2) is 14.8 Å². The fourth-order valence-corrected chi connectivity index (χ4v) is 3.51. The first kappa shape index (κ1) is 18.7. The SMILES string of the molecule is C=Nc1nc2ccccc2c2c1ccn2CCCCNC(=O)Nc1ccccc1. The average Bonchev–Trinajstić information content (AvgIpc) is 3.18. The molecule has 0 saturated carbocycles. The van der Waals surface area contributed by atoms with E-state index in [0.717, 1.165) is 46.9 Å². The summed E-state index contributed by atoms with van der Waals surface area (Å²) in [6.45, 7) is 5.14. The Morgan fingerprint density at radius 1 is 1.00 bits per heavy atom. The minimum Gasteiger partial charge on any atom is -0.347 e. The van der Waals surface area contributed by atoms with E-state index < -0.39 is 0 Å². The number of aryl methyl sites for hydroxylation is 1. The molecule has 4 rings (SSSR count). The van der Waals surface area contributed by atoms with Crippen LogP contribution in [0, 0.1) is 0 Å². The van der Waals surface area contributed by atoms with Crippen molar-refractivity contribution in [3.8, 4) is 0 Å². The summed E-state index contributed by atoms with van der Waals surface area (Å²) in [7, 11) is 0. The van der Waals surface area contributed by atoms with Gasteiger partial charge < -0.3 is 15.2 Å². The number of nitrogens with one attached hydrogen (secondary N) is 2. The molecule has 2 aromatic carbocycles. The van der Waals surface area contributed by atoms with Crippen molar-refractivity contribution in [2.75, 3.05) is 11.9 Å². The molecule has 0 radical (unpaired) electrons. The van der Waals surface area contributed by atoms with Crippen LogP contribution < -0.4 is 10.6 Å². The summed E-state index contributed by atoms with van der Waals surface area (Å²) in [6.07, 6.45) is 3.91. The number of amides is 2. The second-order valence-electron chi connectivity index (χ2n) is 6.84. The van der Waals surface area contributed by atoms with Gasteiger partial charge in [-0.3, -0.25) is 0 Å². The predicted octanol–water partition coefficient (Wildman–Crippen LogP) is 5.12. The molecule has 2 amide bonds. The Morgan fingerprint density at radius 2 is 1.79 bits per heavy atom. The Bertz CT molecular complexity index is 1150. The fourth-order valence-electron chi connectivity index (χ4n) is 3.51. The summed E-state index contributed by atoms with van der Waals surface area (Å²) < 4.78 is 2.23. The number of hydrogen-bond donors (Lipinski definition) is 2. The first-order valence-electron chi connectivity index (χ1n) is 9.70. The van der Waals surface area contributed by atoms with Crippen LogP contribution in [0.25, 0.3) is 21.8 Å². The summed E-state index contributed by atoms with van der Waals surface area (Å²) >= 11 is 0. The van der Waals surface area contributed by atoms with E-state index in [1.54, 1.807) is 0 Å². The van der Waals surface area contributed by atoms with Crippen LogP contribution in [0.1, 0.15) is 12.8 Å². The third kappa shape index (κ3) is 4.11. The molecule has 0 spiro atoms. The molecule has 4 aromatic rings. The summed E-state index contributed by atoms with van der Waals surface area (Å²) in [6, 6.07) is 19.4. The van der Waals surface area contributed by atoms with Gasteiger partial charge in [-0.15, -0.1) is 0 Å². The zero-order chi connectivity index (χ0) is 20.1. The predicted molar refractivity (Wildman–Crippen MR) is 119 cm³/mol. The van der Waals surface area contributed by atoms with Gasteiger partial charge in [0, 0.05) is 35.7 Å². The van der Waals surface area contributed by atoms with Crippen molar-refractivity contribution in [3.63, 3.8) is 0 Å². The van der Waals surface area contributed by atoms with Crippen LogP contribution in [0.2, 0.25) is 0 Å². The van der Waals surface area contributed by atoms with Crippen LogP contribution in [0.15, 0.2) is 71.9 Å². The highest BCUT2D eigenvalue weighted by Gasteiger charge is 2.11. The molecule has 6 nitrogen and oxygen atoms in total. The van der Waals surface area contributed by atoms with Crippen LogP contribution in [0.4, 0.5) is 16.3 Å². The van der Waals surface area contributed by atoms with E-state index in [9.17, 15) is 4.79 Å². The minimum atomic E-state index is -0.179. The monoisotopic (exact) mass is 385 g/mol. The van der Waals surface area contributed by atoms with E-state index >= 15 is 0 Å². The van der Waals surface area contributed by atoms with E-state index in [1.165, 1.54) is 0 Å². The van der Waals surface area contributed by atoms with Crippen molar-refractivity contribution in [2.24, 2.45) is 4.99 Å². The molecule has 0 atom stereocenters. The van der Waals surface area contributed by atoms with E-state index in [4.69, 9.17) is 0 Å². The van der Waals surface area contributed by atoms with Crippen LogP contribution in [-0.2, 0) is 6.54 Å². The molecule has 2 N–H and O–H groups in total. The number of unbranched alkanes of at least 4 members (excludes halogenated alkanes) is 1. The third-order valence-electron chi connectivity index (χ3n) is 4.88. The van der Waals surface area contributed by atoms with Gasteiger partial charge in [-0.05, 0) is 43.8 Å². The van der Waals surface area contributed by atoms with Gasteiger partial charge in [-0.1, -0.05) is 36.4 Å². The zero-order valence-corrected chi connectivity index (χ0v) is 16.1. The van der Waals surface area contributed by atoms with Gasteiger partial charge in [0.05, 0.1) is 11.0 Å². The number of benzene rings is 2. The first-order chi connectivity index (χ1) is 14.3. The van der Waals surface area contributed by atoms with Crippen molar-refractivity contribution in [3.05, 3.63) is 66.9 Å². The number of urea groups is 1. The number of fused-ring (bicyclic) bond motifs is 3. The largest absolute Gasteiger partial charge is 0.347 e. The maximum absolute atomic E-state index is 11.9. The highest BCUT2D eigenvalue weighted by molar-refractivity contribution is 6.08. The molecule has 146 valence electrons. The molecule has 0 unspecified atom stereocenters. The molecule has 0 aliphatic rings. The van der Waals surface area contributed by atoms with Gasteiger partial charge in [0.1, 0.15) is 0 Å². The highest BCUT2D eigenvalue weighted by atomic mass is 16.2. The maximum Gasteiger partial charge on any atom is 0.319 e. The fraction of sp³-hybridized carbons (Fsp3) is 0.174. The normalized spacial score (nSPS) is 10.9. The van der Waals surface area contributed by atoms with Crippen molar-refractivity contribution in [1.82, 2.24) is 14.9 Å². The first-order valence-corrected chi connectivity index (χ1v) is 9.70. The summed E-state index contributed by atoms with van der Waals surface area (Å²) in [4.78, 5) is 20.6. The summed E-state index contributed by atoms with van der Waals surface area (Å²) in [5, 5.41) is 7.85. The Hall–Kier alpha value is -3.67. The molecule has 2 aromatic heterocycles. The molecule has 29 heavy (non-hydrogen) atoms. The Morgan fingerprint density at radius 3 is 2.62 bits per heavy atom. The number of rotatable bonds is 7. The second kappa shape index (κ2) is 8.56. The zero-order valence-electron chi connectivity index (χ0n) is 16.1. The molecule has 0 bridgehead atoms. The molecule has 0 saturated heterocycles. The Labute approximate surface area is 169 Å². The van der Waals surface area contributed by atoms with E-state index in [-0.39, 0.29) is 6.03 Å². The van der Waals surface area contributed by atoms with E-state index in [1.807, 2.05) is 54.6 Å². The molecular weight excluding hydrogens is 362 g/mol. The van der Waals surface area contributed by atoms with Crippen molar-refractivity contribution >= 4 is 46.1 Å². The number of hydrogen-bond acceptors (Lipinski definition) is 3. The molecule has 0 fully saturated rings. The number of nitrogens with zero attached hydrogens (tertiary/aromatic N) is 3. The van der Waals surface area contributed by atoms with Crippen molar-refractivity contribution in [2.45, 2.75) is 19.4 Å². The molecule has 2 heterocycles. The van der Waals surface area contributed by atoms with E-state index in [0.29, 0.717) is 12.4 Å². The van der Waals surface area contributed by atoms with Crippen LogP contribution >= 0.6 is 0 Å². The molecule has 0 aliphatic heterocycles. The summed E-state index contributed by atoms with van der Waals surface area (Å²) in [5.74, 6) is 0.664. The smallest absolute Gasteiger partial charge is 0.319 e. The number of carbonyl (C=O) groups is 1. The summed E-state index contributed by atoms with van der Waals surface area (Å²) in [5.41, 5.74) is 2.84. The second-order valence-corrected chi connectivity index (χ2v) is 6.84. The molecule has 6 heteroatoms. The minimum absolute atomic E-state index is 0.179. The Balaban J connectivity index is 1.37. The molecular formula is C23H23N5O. The van der Waals surface area contributed by atoms with E-state index in [2.05, 4.69) is 44.2 Å². The van der Waals surface area contributed by atoms with Gasteiger partial charge in [0.15, 0.2) is 5.82 Å². The Kier molecular flexibility index (Phi) is 5.52. The van der Waals surface area contributed by atoms with Crippen LogP contribution in [-0.4, -0.2) is 28.8 Å². The van der Waals surface area contributed by atoms with Crippen LogP contribution in [0.3, 0.4) is 0 Å². The van der Waals surface area contributed by atoms with Crippen molar-refractivity contribution < 1.29 is 4.79 Å². The average molecular weight is 385 g/mol. The van der Waals surface area contributed by atoms with Crippen LogP contribution in [0.5, 0.6) is 0 Å². The third-order valence-corrected chi connectivity index (χ3v) is 4.88. The topological polar surface area (TPSA) is 71.3 Å². The van der Waals surface area contributed by atoms with Gasteiger partial charge in [0.2, 0.25) is 0 Å². The van der Waals surface area contributed by atoms with Gasteiger partial charge in [-0.2, -0.15) is 0 Å². The number of para-hydroxylation sites is 2. The standard InChI is InChI=1S/C23H23N5O/c1-24-22-19-13-16-28(21(19)18-11-5-6-12-20(18)27-22)15-8-7-14-25-23(29)26-17-9-3-2-4-10-17/h2-6,9-13,16H,1,7-8,14-15H2,(H2,25,26,29). The maximum atomic E-state index is 11.9. The lowest BCUT2D eigenvalue weighted by Gasteiger charge is -2.10. The lowest BCUT2D eigenvalue weighted by Crippen LogP contribution is -2.29. The number of aromatic nitrogens is 2. The number of aliphatic imine (C=N–C) groups is 1. The highest BCUT2D eigenvalue weighted by Crippen LogP contribution is 2.31. The number of pyridine rings is 1. The lowest BCUT2D eigenvalue weighted by molar-refractivity contribution is 0.252. The molecule has 0 aliphatic carbocycles. The quantitative estimate of drug-likeness (QED) is 0.342. The van der Waals surface area contributed by atoms with Gasteiger partial charge in [0.25, 0.3) is 0 Å². The number of carbonyl (C=O) groups excluding carboxylic acids is 1. The number of anilines is 1. The van der Waals surface area contributed by atoms with Crippen molar-refractivity contribution in [1.29, 1.82) is 0 Å². The van der Waals surface area contributed by atoms with Gasteiger partial charge >= 0.3 is 6.03 Å². The lowest BCUT2D eigenvalue weighted by atomic mass is 10.1.